The predicted molar refractivity (Wildman–Crippen MR) is 121 cm³/mol. The third-order valence-corrected chi connectivity index (χ3v) is 6.38. The van der Waals surface area contributed by atoms with Crippen LogP contribution in [0.3, 0.4) is 0 Å². The fraction of sp³-hybridized carbons (Fsp3) is 0.346. The number of likely N-dealkylation sites (tertiary alicyclic amines) is 1. The summed E-state index contributed by atoms with van der Waals surface area (Å²) in [5.74, 6) is -0.651. The number of benzene rings is 2. The number of rotatable bonds is 4. The number of piperidine rings is 1. The zero-order chi connectivity index (χ0) is 22.5. The number of ether oxygens (including phenoxy) is 1. The molecule has 1 atom stereocenters. The van der Waals surface area contributed by atoms with Crippen LogP contribution < -0.4 is 0 Å². The van der Waals surface area contributed by atoms with E-state index in [1.807, 2.05) is 60.7 Å². The third-order valence-electron chi connectivity index (χ3n) is 6.38. The van der Waals surface area contributed by atoms with Gasteiger partial charge in [-0.2, -0.15) is 0 Å². The lowest BCUT2D eigenvalue weighted by Gasteiger charge is -2.39. The molecule has 2 aliphatic rings. The molecule has 2 heterocycles. The smallest absolute Gasteiger partial charge is 0.328 e. The molecule has 2 aromatic carbocycles. The number of carbonyl (C=O) groups is 3. The predicted octanol–water partition coefficient (Wildman–Crippen LogP) is 3.06. The highest BCUT2D eigenvalue weighted by atomic mass is 16.5. The molecule has 0 N–H and O–H groups in total. The van der Waals surface area contributed by atoms with Gasteiger partial charge in [-0.25, -0.2) is 4.79 Å². The quantitative estimate of drug-likeness (QED) is 0.550. The summed E-state index contributed by atoms with van der Waals surface area (Å²) >= 11 is 0. The third kappa shape index (κ3) is 4.74. The average Bonchev–Trinajstić information content (AvgIpc) is 2.86. The Kier molecular flexibility index (Phi) is 6.69. The van der Waals surface area contributed by atoms with E-state index in [1.54, 1.807) is 15.9 Å². The number of esters is 1. The van der Waals surface area contributed by atoms with Gasteiger partial charge < -0.3 is 14.5 Å². The zero-order valence-electron chi connectivity index (χ0n) is 18.3. The van der Waals surface area contributed by atoms with Gasteiger partial charge in [0.25, 0.3) is 0 Å². The van der Waals surface area contributed by atoms with Gasteiger partial charge >= 0.3 is 5.97 Å². The number of carbonyl (C=O) groups excluding carboxylic acids is 3. The maximum atomic E-state index is 13.4. The van der Waals surface area contributed by atoms with Crippen molar-refractivity contribution in [3.05, 3.63) is 77.4 Å². The number of fused-ring (bicyclic) bond motifs is 1. The van der Waals surface area contributed by atoms with Gasteiger partial charge in [0, 0.05) is 38.0 Å². The van der Waals surface area contributed by atoms with Crippen molar-refractivity contribution in [2.75, 3.05) is 20.2 Å². The molecule has 0 spiro atoms. The van der Waals surface area contributed by atoms with Crippen molar-refractivity contribution in [3.8, 4) is 0 Å². The second-order valence-corrected chi connectivity index (χ2v) is 8.32. The molecule has 2 aliphatic heterocycles. The lowest BCUT2D eigenvalue weighted by atomic mass is 9.90. The summed E-state index contributed by atoms with van der Waals surface area (Å²) in [6, 6.07) is 17.0. The van der Waals surface area contributed by atoms with E-state index in [0.717, 1.165) is 16.7 Å². The molecular weight excluding hydrogens is 404 g/mol. The number of amides is 2. The maximum Gasteiger partial charge on any atom is 0.328 e. The number of hydrogen-bond acceptors (Lipinski definition) is 4. The van der Waals surface area contributed by atoms with E-state index in [0.29, 0.717) is 38.9 Å². The molecule has 0 saturated carbocycles. The summed E-state index contributed by atoms with van der Waals surface area (Å²) < 4.78 is 4.99. The summed E-state index contributed by atoms with van der Waals surface area (Å²) in [6.45, 7) is 1.47. The van der Waals surface area contributed by atoms with Crippen molar-refractivity contribution in [1.82, 2.24) is 9.80 Å². The van der Waals surface area contributed by atoms with Crippen LogP contribution in [-0.4, -0.2) is 53.8 Å². The molecule has 6 heteroatoms. The first-order valence-electron chi connectivity index (χ1n) is 11.0. The van der Waals surface area contributed by atoms with E-state index < -0.39 is 6.04 Å². The highest BCUT2D eigenvalue weighted by Gasteiger charge is 2.39. The Hall–Kier alpha value is -3.41. The highest BCUT2D eigenvalue weighted by molar-refractivity contribution is 5.92. The van der Waals surface area contributed by atoms with E-state index in [1.165, 1.54) is 7.11 Å². The van der Waals surface area contributed by atoms with Crippen molar-refractivity contribution in [2.45, 2.75) is 31.8 Å². The van der Waals surface area contributed by atoms with Crippen LogP contribution in [0.4, 0.5) is 0 Å². The van der Waals surface area contributed by atoms with Gasteiger partial charge in [0.15, 0.2) is 0 Å². The second-order valence-electron chi connectivity index (χ2n) is 8.32. The molecule has 2 amide bonds. The first kappa shape index (κ1) is 21.8. The van der Waals surface area contributed by atoms with Crippen LogP contribution in [0.1, 0.15) is 29.5 Å². The highest BCUT2D eigenvalue weighted by Crippen LogP contribution is 2.28. The van der Waals surface area contributed by atoms with Crippen molar-refractivity contribution in [3.63, 3.8) is 0 Å². The second kappa shape index (κ2) is 9.81. The number of methoxy groups -OCH3 is 1. The van der Waals surface area contributed by atoms with Crippen LogP contribution >= 0.6 is 0 Å². The van der Waals surface area contributed by atoms with Gasteiger partial charge in [-0.3, -0.25) is 9.59 Å². The SMILES string of the molecule is COC(=O)C1Cc2ccccc2CN1C(=O)C1CCN(C(=O)/C=C/c2ccccc2)CC1. The van der Waals surface area contributed by atoms with Crippen LogP contribution in [0.15, 0.2) is 60.7 Å². The van der Waals surface area contributed by atoms with Crippen molar-refractivity contribution in [2.24, 2.45) is 5.92 Å². The molecular formula is C26H28N2O4. The van der Waals surface area contributed by atoms with E-state index in [4.69, 9.17) is 4.74 Å². The van der Waals surface area contributed by atoms with Gasteiger partial charge in [0.1, 0.15) is 6.04 Å². The molecule has 0 radical (unpaired) electrons. The summed E-state index contributed by atoms with van der Waals surface area (Å²) in [7, 11) is 1.36. The molecule has 1 saturated heterocycles. The van der Waals surface area contributed by atoms with Gasteiger partial charge in [0.2, 0.25) is 11.8 Å². The maximum absolute atomic E-state index is 13.4. The Balaban J connectivity index is 1.39. The Morgan fingerprint density at radius 3 is 2.28 bits per heavy atom. The van der Waals surface area contributed by atoms with Gasteiger partial charge in [0.05, 0.1) is 7.11 Å². The lowest BCUT2D eigenvalue weighted by molar-refractivity contribution is -0.156. The summed E-state index contributed by atoms with van der Waals surface area (Å²) in [6.07, 6.45) is 5.06. The summed E-state index contributed by atoms with van der Waals surface area (Å²) in [4.78, 5) is 41.8. The summed E-state index contributed by atoms with van der Waals surface area (Å²) in [5.41, 5.74) is 3.13. The average molecular weight is 433 g/mol. The van der Waals surface area contributed by atoms with E-state index in [-0.39, 0.29) is 23.7 Å². The van der Waals surface area contributed by atoms with Gasteiger partial charge in [-0.1, -0.05) is 54.6 Å². The zero-order valence-corrected chi connectivity index (χ0v) is 18.3. The number of nitrogens with zero attached hydrogens (tertiary/aromatic N) is 2. The van der Waals surface area contributed by atoms with Crippen molar-refractivity contribution >= 4 is 23.9 Å². The van der Waals surface area contributed by atoms with E-state index >= 15 is 0 Å². The first-order valence-corrected chi connectivity index (χ1v) is 11.0. The monoisotopic (exact) mass is 432 g/mol. The molecule has 166 valence electrons. The molecule has 0 aliphatic carbocycles. The lowest BCUT2D eigenvalue weighted by Crippen LogP contribution is -2.52. The Morgan fingerprint density at radius 2 is 1.59 bits per heavy atom. The Bertz CT molecular complexity index is 1010. The van der Waals surface area contributed by atoms with E-state index in [2.05, 4.69) is 0 Å². The van der Waals surface area contributed by atoms with Crippen molar-refractivity contribution < 1.29 is 19.1 Å². The van der Waals surface area contributed by atoms with Gasteiger partial charge in [-0.05, 0) is 35.6 Å². The largest absolute Gasteiger partial charge is 0.467 e. The number of hydrogen-bond donors (Lipinski definition) is 0. The molecule has 0 aromatic heterocycles. The van der Waals surface area contributed by atoms with Crippen LogP contribution in [0.2, 0.25) is 0 Å². The van der Waals surface area contributed by atoms with E-state index in [9.17, 15) is 14.4 Å². The minimum Gasteiger partial charge on any atom is -0.467 e. The van der Waals surface area contributed by atoms with Crippen LogP contribution in [0, 0.1) is 5.92 Å². The fourth-order valence-corrected chi connectivity index (χ4v) is 4.52. The minimum atomic E-state index is -0.601. The molecule has 6 nitrogen and oxygen atoms in total. The molecule has 1 unspecified atom stereocenters. The van der Waals surface area contributed by atoms with Crippen LogP contribution in [0.5, 0.6) is 0 Å². The Labute approximate surface area is 188 Å². The molecule has 32 heavy (non-hydrogen) atoms. The first-order chi connectivity index (χ1) is 15.6. The van der Waals surface area contributed by atoms with Crippen LogP contribution in [-0.2, 0) is 32.1 Å². The Morgan fingerprint density at radius 1 is 0.938 bits per heavy atom. The normalized spacial score (nSPS) is 19.0. The van der Waals surface area contributed by atoms with Gasteiger partial charge in [-0.15, -0.1) is 0 Å². The standard InChI is InChI=1S/C26H28N2O4/c1-32-26(31)23-17-21-9-5-6-10-22(21)18-28(23)25(30)20-13-15-27(16-14-20)24(29)12-11-19-7-3-2-4-8-19/h2-12,20,23H,13-18H2,1H3/b12-11+. The molecule has 2 aromatic rings. The molecule has 1 fully saturated rings. The minimum absolute atomic E-state index is 0.0261. The summed E-state index contributed by atoms with van der Waals surface area (Å²) in [5, 5.41) is 0. The topological polar surface area (TPSA) is 66.9 Å². The molecule has 4 rings (SSSR count). The van der Waals surface area contributed by atoms with Crippen LogP contribution in [0.25, 0.3) is 6.08 Å². The van der Waals surface area contributed by atoms with Crippen molar-refractivity contribution in [1.29, 1.82) is 0 Å². The fourth-order valence-electron chi connectivity index (χ4n) is 4.52. The molecule has 0 bridgehead atoms.